The largest absolute Gasteiger partial charge is 0.347 e. The minimum atomic E-state index is 0.592. The molecule has 3 heteroatoms. The lowest BCUT2D eigenvalue weighted by Crippen LogP contribution is -2.07. The van der Waals surface area contributed by atoms with Crippen LogP contribution in [0.1, 0.15) is 19.8 Å². The second kappa shape index (κ2) is 3.70. The summed E-state index contributed by atoms with van der Waals surface area (Å²) in [5, 5.41) is 9.32. The van der Waals surface area contributed by atoms with Gasteiger partial charge in [0.2, 0.25) is 0 Å². The molecule has 0 aliphatic carbocycles. The molecule has 0 spiro atoms. The van der Waals surface area contributed by atoms with Gasteiger partial charge in [-0.2, -0.15) is 0 Å². The third kappa shape index (κ3) is 1.45. The number of fused-ring (bicyclic) bond motifs is 1. The van der Waals surface area contributed by atoms with Crippen LogP contribution in [-0.2, 0) is 6.54 Å². The molecule has 2 rings (SSSR count). The van der Waals surface area contributed by atoms with Crippen molar-refractivity contribution in [2.24, 2.45) is 0 Å². The van der Waals surface area contributed by atoms with E-state index in [1.165, 1.54) is 12.8 Å². The maximum Gasteiger partial charge on any atom is 0.119 e. The summed E-state index contributed by atoms with van der Waals surface area (Å²) in [6.45, 7) is 3.21. The van der Waals surface area contributed by atoms with Gasteiger partial charge in [-0.15, -0.1) is 0 Å². The maximum absolute atomic E-state index is 7.72. The molecular weight excluding hydrogens is 174 g/mol. The van der Waals surface area contributed by atoms with Gasteiger partial charge in [0, 0.05) is 24.3 Å². The molecule has 2 aromatic heterocycles. The number of aromatic nitrogens is 2. The number of aromatic amines is 1. The van der Waals surface area contributed by atoms with Crippen molar-refractivity contribution in [1.82, 2.24) is 9.55 Å². The van der Waals surface area contributed by atoms with Crippen LogP contribution in [0.25, 0.3) is 11.0 Å². The van der Waals surface area contributed by atoms with Gasteiger partial charge in [-0.1, -0.05) is 13.3 Å². The lowest BCUT2D eigenvalue weighted by molar-refractivity contribution is 0.642. The summed E-state index contributed by atoms with van der Waals surface area (Å²) in [6.07, 6.45) is 6.25. The molecule has 0 atom stereocenters. The number of H-pyrrole nitrogens is 1. The number of pyridine rings is 1. The van der Waals surface area contributed by atoms with Gasteiger partial charge in [-0.3, -0.25) is 0 Å². The lowest BCUT2D eigenvalue weighted by atomic mass is 10.3. The molecule has 2 aromatic rings. The van der Waals surface area contributed by atoms with Crippen LogP contribution in [0.4, 0.5) is 0 Å². The van der Waals surface area contributed by atoms with Crippen LogP contribution in [0, 0.1) is 5.41 Å². The van der Waals surface area contributed by atoms with Crippen LogP contribution in [0.3, 0.4) is 0 Å². The number of nitrogens with one attached hydrogen (secondary N) is 2. The Morgan fingerprint density at radius 2 is 2.29 bits per heavy atom. The molecule has 0 bridgehead atoms. The van der Waals surface area contributed by atoms with E-state index in [-0.39, 0.29) is 0 Å². The zero-order valence-corrected chi connectivity index (χ0v) is 8.38. The van der Waals surface area contributed by atoms with E-state index >= 15 is 0 Å². The first-order valence-corrected chi connectivity index (χ1v) is 5.04. The number of rotatable bonds is 3. The molecule has 0 saturated heterocycles. The first-order chi connectivity index (χ1) is 6.83. The van der Waals surface area contributed by atoms with Crippen LogP contribution < -0.4 is 5.36 Å². The van der Waals surface area contributed by atoms with Crippen molar-refractivity contribution in [2.45, 2.75) is 26.3 Å². The Morgan fingerprint density at radius 1 is 1.43 bits per heavy atom. The molecular formula is C11H15N3. The number of aryl methyl sites for hydroxylation is 1. The second-order valence-electron chi connectivity index (χ2n) is 3.52. The highest BCUT2D eigenvalue weighted by molar-refractivity contribution is 5.74. The summed E-state index contributed by atoms with van der Waals surface area (Å²) in [5.74, 6) is 0. The van der Waals surface area contributed by atoms with Crippen molar-refractivity contribution in [3.05, 3.63) is 29.9 Å². The fourth-order valence-corrected chi connectivity index (χ4v) is 1.66. The van der Waals surface area contributed by atoms with Crippen molar-refractivity contribution in [3.8, 4) is 0 Å². The van der Waals surface area contributed by atoms with Gasteiger partial charge >= 0.3 is 0 Å². The summed E-state index contributed by atoms with van der Waals surface area (Å²) in [4.78, 5) is 3.18. The van der Waals surface area contributed by atoms with Gasteiger partial charge in [-0.05, 0) is 18.6 Å². The molecule has 0 saturated carbocycles. The van der Waals surface area contributed by atoms with Crippen LogP contribution in [0.15, 0.2) is 24.5 Å². The average molecular weight is 189 g/mol. The third-order valence-electron chi connectivity index (χ3n) is 2.48. The standard InChI is InChI=1S/C11H15N3/c1-2-3-7-14-8-5-10(12)9-4-6-13-11(9)14/h4-6,8,12-13H,2-3,7H2,1H3. The van der Waals surface area contributed by atoms with Crippen molar-refractivity contribution in [1.29, 1.82) is 5.41 Å². The number of hydrogen-bond donors (Lipinski definition) is 2. The molecule has 0 unspecified atom stereocenters. The highest BCUT2D eigenvalue weighted by atomic mass is 15.0. The molecule has 0 radical (unpaired) electrons. The van der Waals surface area contributed by atoms with E-state index < -0.39 is 0 Å². The fraction of sp³-hybridized carbons (Fsp3) is 0.364. The molecule has 0 aliphatic heterocycles. The van der Waals surface area contributed by atoms with Crippen LogP contribution >= 0.6 is 0 Å². The maximum atomic E-state index is 7.72. The predicted molar refractivity (Wildman–Crippen MR) is 57.1 cm³/mol. The Morgan fingerprint density at radius 3 is 3.07 bits per heavy atom. The van der Waals surface area contributed by atoms with Crippen molar-refractivity contribution in [2.75, 3.05) is 0 Å². The molecule has 0 aromatic carbocycles. The second-order valence-corrected chi connectivity index (χ2v) is 3.52. The SMILES string of the molecule is CCCCn1ccc(=N)c2cc[nH]c21. The van der Waals surface area contributed by atoms with E-state index in [4.69, 9.17) is 5.41 Å². The average Bonchev–Trinajstić information content (AvgIpc) is 2.66. The van der Waals surface area contributed by atoms with Gasteiger partial charge in [0.25, 0.3) is 0 Å². The molecule has 2 heterocycles. The monoisotopic (exact) mass is 189 g/mol. The Bertz CT molecular complexity index is 478. The van der Waals surface area contributed by atoms with E-state index in [9.17, 15) is 0 Å². The van der Waals surface area contributed by atoms with Crippen LogP contribution in [0.5, 0.6) is 0 Å². The number of hydrogen-bond acceptors (Lipinski definition) is 1. The summed E-state index contributed by atoms with van der Waals surface area (Å²) >= 11 is 0. The first-order valence-electron chi connectivity index (χ1n) is 5.04. The molecule has 0 amide bonds. The highest BCUT2D eigenvalue weighted by Crippen LogP contribution is 2.08. The normalized spacial score (nSPS) is 10.9. The predicted octanol–water partition coefficient (Wildman–Crippen LogP) is 2.25. The topological polar surface area (TPSA) is 44.6 Å². The van der Waals surface area contributed by atoms with Gasteiger partial charge in [0.1, 0.15) is 5.65 Å². The fourth-order valence-electron chi connectivity index (χ4n) is 1.66. The molecule has 14 heavy (non-hydrogen) atoms. The van der Waals surface area contributed by atoms with Crippen LogP contribution in [-0.4, -0.2) is 9.55 Å². The lowest BCUT2D eigenvalue weighted by Gasteiger charge is -2.06. The third-order valence-corrected chi connectivity index (χ3v) is 2.48. The molecule has 3 nitrogen and oxygen atoms in total. The molecule has 2 N–H and O–H groups in total. The van der Waals surface area contributed by atoms with E-state index in [0.717, 1.165) is 17.6 Å². The quantitative estimate of drug-likeness (QED) is 0.744. The van der Waals surface area contributed by atoms with Gasteiger partial charge in [-0.25, -0.2) is 0 Å². The van der Waals surface area contributed by atoms with E-state index in [0.29, 0.717) is 5.36 Å². The van der Waals surface area contributed by atoms with Gasteiger partial charge < -0.3 is 15.0 Å². The number of unbranched alkanes of at least 4 members (excludes halogenated alkanes) is 1. The van der Waals surface area contributed by atoms with Crippen molar-refractivity contribution < 1.29 is 0 Å². The Balaban J connectivity index is 2.50. The van der Waals surface area contributed by atoms with Gasteiger partial charge in [0.05, 0.1) is 5.36 Å². The van der Waals surface area contributed by atoms with Gasteiger partial charge in [0.15, 0.2) is 0 Å². The summed E-state index contributed by atoms with van der Waals surface area (Å²) in [6, 6.07) is 3.81. The van der Waals surface area contributed by atoms with Crippen molar-refractivity contribution in [3.63, 3.8) is 0 Å². The molecule has 74 valence electrons. The number of nitrogens with zero attached hydrogens (tertiary/aromatic N) is 1. The highest BCUT2D eigenvalue weighted by Gasteiger charge is 2.00. The summed E-state index contributed by atoms with van der Waals surface area (Å²) in [7, 11) is 0. The van der Waals surface area contributed by atoms with Crippen molar-refractivity contribution >= 4 is 11.0 Å². The zero-order valence-electron chi connectivity index (χ0n) is 8.38. The minimum Gasteiger partial charge on any atom is -0.347 e. The van der Waals surface area contributed by atoms with E-state index in [1.54, 1.807) is 0 Å². The Labute approximate surface area is 82.9 Å². The molecule has 0 aliphatic rings. The summed E-state index contributed by atoms with van der Waals surface area (Å²) in [5.41, 5.74) is 1.06. The zero-order chi connectivity index (χ0) is 9.97. The van der Waals surface area contributed by atoms with Crippen LogP contribution in [0.2, 0.25) is 0 Å². The smallest absolute Gasteiger partial charge is 0.119 e. The minimum absolute atomic E-state index is 0.592. The van der Waals surface area contributed by atoms with E-state index in [1.807, 2.05) is 24.5 Å². The van der Waals surface area contributed by atoms with E-state index in [2.05, 4.69) is 16.5 Å². The molecule has 0 fully saturated rings. The Kier molecular flexibility index (Phi) is 2.39. The summed E-state index contributed by atoms with van der Waals surface area (Å²) < 4.78 is 2.18. The first kappa shape index (κ1) is 9.06. The Hall–Kier alpha value is -1.51.